The summed E-state index contributed by atoms with van der Waals surface area (Å²) in [7, 11) is 0. The number of ether oxygens (including phenoxy) is 1. The molecular weight excluding hydrogens is 196 g/mol. The van der Waals surface area contributed by atoms with E-state index in [4.69, 9.17) is 9.84 Å². The fourth-order valence-corrected chi connectivity index (χ4v) is 1.12. The summed E-state index contributed by atoms with van der Waals surface area (Å²) in [6.07, 6.45) is 2.43. The predicted octanol–water partition coefficient (Wildman–Crippen LogP) is 1.45. The topological polar surface area (TPSA) is 63.6 Å². The Labute approximate surface area is 90.6 Å². The van der Waals surface area contributed by atoms with E-state index in [-0.39, 0.29) is 12.4 Å². The molecule has 4 nitrogen and oxygen atoms in total. The first-order chi connectivity index (χ1) is 7.07. The average Bonchev–Trinajstić information content (AvgIpc) is 2.17. The molecule has 0 aromatic rings. The van der Waals surface area contributed by atoms with Gasteiger partial charge in [-0.1, -0.05) is 6.92 Å². The molecular formula is C11H20O4. The third-order valence-electron chi connectivity index (χ3n) is 1.96. The van der Waals surface area contributed by atoms with E-state index >= 15 is 0 Å². The lowest BCUT2D eigenvalue weighted by molar-refractivity contribution is -0.152. The zero-order valence-corrected chi connectivity index (χ0v) is 9.49. The van der Waals surface area contributed by atoms with Crippen LogP contribution in [-0.4, -0.2) is 29.6 Å². The van der Waals surface area contributed by atoms with E-state index in [1.807, 2.05) is 6.92 Å². The van der Waals surface area contributed by atoms with E-state index in [1.165, 1.54) is 6.92 Å². The summed E-state index contributed by atoms with van der Waals surface area (Å²) in [4.78, 5) is 21.9. The van der Waals surface area contributed by atoms with Crippen LogP contribution < -0.4 is 0 Å². The van der Waals surface area contributed by atoms with Crippen LogP contribution in [0.25, 0.3) is 0 Å². The Balaban J connectivity index is 3.32. The van der Waals surface area contributed by atoms with Gasteiger partial charge in [0, 0.05) is 12.8 Å². The molecule has 0 aliphatic heterocycles. The quantitative estimate of drug-likeness (QED) is 0.492. The molecule has 0 saturated carbocycles. The zero-order chi connectivity index (χ0) is 11.7. The molecule has 88 valence electrons. The molecule has 0 heterocycles. The second-order valence-corrected chi connectivity index (χ2v) is 3.59. The first kappa shape index (κ1) is 14.1. The standard InChI is InChI=1S/C11H20O4/c1-3-6-10(13)7-4-5-8-15-11(14)9(2)12/h9,12H,3-8H2,1-2H3. The summed E-state index contributed by atoms with van der Waals surface area (Å²) in [6, 6.07) is 0. The highest BCUT2D eigenvalue weighted by Crippen LogP contribution is 2.02. The van der Waals surface area contributed by atoms with E-state index in [9.17, 15) is 9.59 Å². The molecule has 4 heteroatoms. The highest BCUT2D eigenvalue weighted by Gasteiger charge is 2.09. The maximum Gasteiger partial charge on any atom is 0.334 e. The van der Waals surface area contributed by atoms with Gasteiger partial charge in [0.05, 0.1) is 6.61 Å². The summed E-state index contributed by atoms with van der Waals surface area (Å²) >= 11 is 0. The summed E-state index contributed by atoms with van der Waals surface area (Å²) in [5.74, 6) is -0.339. The van der Waals surface area contributed by atoms with Gasteiger partial charge in [0.25, 0.3) is 0 Å². The molecule has 1 N–H and O–H groups in total. The fourth-order valence-electron chi connectivity index (χ4n) is 1.12. The molecule has 0 fully saturated rings. The van der Waals surface area contributed by atoms with Crippen molar-refractivity contribution in [3.8, 4) is 0 Å². The third kappa shape index (κ3) is 8.12. The van der Waals surface area contributed by atoms with Gasteiger partial charge in [-0.25, -0.2) is 4.79 Å². The van der Waals surface area contributed by atoms with E-state index < -0.39 is 12.1 Å². The number of ketones is 1. The lowest BCUT2D eigenvalue weighted by Crippen LogP contribution is -2.19. The molecule has 0 saturated heterocycles. The molecule has 0 aliphatic rings. The number of aliphatic hydroxyl groups excluding tert-OH is 1. The van der Waals surface area contributed by atoms with Crippen molar-refractivity contribution in [2.75, 3.05) is 6.61 Å². The van der Waals surface area contributed by atoms with Gasteiger partial charge >= 0.3 is 5.97 Å². The van der Waals surface area contributed by atoms with E-state index in [0.717, 1.165) is 12.8 Å². The number of hydrogen-bond acceptors (Lipinski definition) is 4. The minimum Gasteiger partial charge on any atom is -0.464 e. The lowest BCUT2D eigenvalue weighted by atomic mass is 10.1. The van der Waals surface area contributed by atoms with Gasteiger partial charge in [0.1, 0.15) is 11.9 Å². The van der Waals surface area contributed by atoms with Crippen LogP contribution in [0.2, 0.25) is 0 Å². The summed E-state index contributed by atoms with van der Waals surface area (Å²) in [6.45, 7) is 3.62. The van der Waals surface area contributed by atoms with Crippen molar-refractivity contribution >= 4 is 11.8 Å². The number of carbonyl (C=O) groups is 2. The Kier molecular flexibility index (Phi) is 7.91. The Morgan fingerprint density at radius 1 is 1.27 bits per heavy atom. The van der Waals surface area contributed by atoms with Crippen molar-refractivity contribution in [3.05, 3.63) is 0 Å². The molecule has 0 radical (unpaired) electrons. The van der Waals surface area contributed by atoms with Crippen molar-refractivity contribution in [2.45, 2.75) is 52.1 Å². The summed E-state index contributed by atoms with van der Waals surface area (Å²) < 4.78 is 4.74. The second kappa shape index (κ2) is 8.41. The zero-order valence-electron chi connectivity index (χ0n) is 9.49. The molecule has 0 rings (SSSR count). The SMILES string of the molecule is CCCC(=O)CCCCOC(=O)C(C)O. The summed E-state index contributed by atoms with van der Waals surface area (Å²) in [5.41, 5.74) is 0. The van der Waals surface area contributed by atoms with Crippen molar-refractivity contribution in [2.24, 2.45) is 0 Å². The van der Waals surface area contributed by atoms with Gasteiger partial charge in [-0.15, -0.1) is 0 Å². The lowest BCUT2D eigenvalue weighted by Gasteiger charge is -2.05. The van der Waals surface area contributed by atoms with Crippen LogP contribution >= 0.6 is 0 Å². The van der Waals surface area contributed by atoms with Crippen LogP contribution in [0.5, 0.6) is 0 Å². The molecule has 0 aromatic carbocycles. The Bertz CT molecular complexity index is 199. The molecule has 0 amide bonds. The average molecular weight is 216 g/mol. The molecule has 0 bridgehead atoms. The highest BCUT2D eigenvalue weighted by atomic mass is 16.5. The normalized spacial score (nSPS) is 12.2. The maximum absolute atomic E-state index is 11.1. The molecule has 0 aromatic heterocycles. The number of unbranched alkanes of at least 4 members (excludes halogenated alkanes) is 1. The van der Waals surface area contributed by atoms with Gasteiger partial charge in [-0.2, -0.15) is 0 Å². The Morgan fingerprint density at radius 2 is 1.93 bits per heavy atom. The fraction of sp³-hybridized carbons (Fsp3) is 0.818. The number of carbonyl (C=O) groups excluding carboxylic acids is 2. The second-order valence-electron chi connectivity index (χ2n) is 3.59. The van der Waals surface area contributed by atoms with Gasteiger partial charge in [0.15, 0.2) is 0 Å². The highest BCUT2D eigenvalue weighted by molar-refractivity contribution is 5.78. The first-order valence-corrected chi connectivity index (χ1v) is 5.44. The predicted molar refractivity (Wildman–Crippen MR) is 56.4 cm³/mol. The van der Waals surface area contributed by atoms with Crippen molar-refractivity contribution in [1.82, 2.24) is 0 Å². The Morgan fingerprint density at radius 3 is 2.47 bits per heavy atom. The molecule has 0 spiro atoms. The van der Waals surface area contributed by atoms with E-state index in [2.05, 4.69) is 0 Å². The van der Waals surface area contributed by atoms with Crippen molar-refractivity contribution in [3.63, 3.8) is 0 Å². The molecule has 0 aliphatic carbocycles. The number of Topliss-reactive ketones (excluding diaryl/α,β-unsaturated/α-hetero) is 1. The third-order valence-corrected chi connectivity index (χ3v) is 1.96. The van der Waals surface area contributed by atoms with Crippen LogP contribution in [0, 0.1) is 0 Å². The van der Waals surface area contributed by atoms with Crippen LogP contribution in [0.3, 0.4) is 0 Å². The monoisotopic (exact) mass is 216 g/mol. The first-order valence-electron chi connectivity index (χ1n) is 5.44. The number of rotatable bonds is 8. The molecule has 15 heavy (non-hydrogen) atoms. The van der Waals surface area contributed by atoms with Crippen LogP contribution in [0.4, 0.5) is 0 Å². The van der Waals surface area contributed by atoms with Crippen LogP contribution in [0.15, 0.2) is 0 Å². The largest absolute Gasteiger partial charge is 0.464 e. The van der Waals surface area contributed by atoms with E-state index in [0.29, 0.717) is 19.3 Å². The maximum atomic E-state index is 11.1. The van der Waals surface area contributed by atoms with Gasteiger partial charge in [0.2, 0.25) is 0 Å². The van der Waals surface area contributed by atoms with Crippen LogP contribution in [-0.2, 0) is 14.3 Å². The molecule has 1 unspecified atom stereocenters. The van der Waals surface area contributed by atoms with E-state index in [1.54, 1.807) is 0 Å². The number of aliphatic hydroxyl groups is 1. The van der Waals surface area contributed by atoms with Gasteiger partial charge < -0.3 is 9.84 Å². The smallest absolute Gasteiger partial charge is 0.334 e. The van der Waals surface area contributed by atoms with Gasteiger partial charge in [-0.05, 0) is 26.2 Å². The van der Waals surface area contributed by atoms with Crippen molar-refractivity contribution in [1.29, 1.82) is 0 Å². The Hall–Kier alpha value is -0.900. The minimum absolute atomic E-state index is 0.263. The van der Waals surface area contributed by atoms with Crippen LogP contribution in [0.1, 0.15) is 46.0 Å². The van der Waals surface area contributed by atoms with Gasteiger partial charge in [-0.3, -0.25) is 4.79 Å². The summed E-state index contributed by atoms with van der Waals surface area (Å²) in [5, 5.41) is 8.81. The van der Waals surface area contributed by atoms with Crippen molar-refractivity contribution < 1.29 is 19.4 Å². The minimum atomic E-state index is -1.06. The molecule has 1 atom stereocenters. The number of hydrogen-bond donors (Lipinski definition) is 1. The number of esters is 1.